The highest BCUT2D eigenvalue weighted by molar-refractivity contribution is 5.81. The number of rotatable bonds is 12. The van der Waals surface area contributed by atoms with Crippen molar-refractivity contribution in [3.8, 4) is 12.3 Å². The van der Waals surface area contributed by atoms with Crippen molar-refractivity contribution in [3.05, 3.63) is 12.4 Å². The van der Waals surface area contributed by atoms with Crippen molar-refractivity contribution >= 4 is 23.0 Å². The molecule has 0 bridgehead atoms. The summed E-state index contributed by atoms with van der Waals surface area (Å²) >= 11 is 0. The molecular weight excluding hydrogens is 441 g/mol. The van der Waals surface area contributed by atoms with Gasteiger partial charge in [0.15, 0.2) is 22.6 Å². The van der Waals surface area contributed by atoms with E-state index in [1.165, 1.54) is 10.9 Å². The van der Waals surface area contributed by atoms with Crippen LogP contribution in [0.25, 0.3) is 11.2 Å². The molecule has 0 aliphatic carbocycles. The van der Waals surface area contributed by atoms with E-state index >= 15 is 0 Å². The molecular formula is C24H34FN5O4. The molecule has 3 rings (SSSR count). The number of esters is 1. The second kappa shape index (κ2) is 11.6. The number of nitrogen functional groups attached to an aromatic ring is 1. The maximum absolute atomic E-state index is 13.7. The van der Waals surface area contributed by atoms with E-state index in [-0.39, 0.29) is 41.9 Å². The summed E-state index contributed by atoms with van der Waals surface area (Å²) in [6.07, 6.45) is 12.0. The summed E-state index contributed by atoms with van der Waals surface area (Å²) in [5, 5.41) is 10.8. The van der Waals surface area contributed by atoms with Crippen molar-refractivity contribution in [2.75, 3.05) is 12.3 Å². The summed E-state index contributed by atoms with van der Waals surface area (Å²) in [6.45, 7) is 3.95. The Labute approximate surface area is 199 Å². The van der Waals surface area contributed by atoms with Crippen LogP contribution in [-0.4, -0.2) is 48.9 Å². The fraction of sp³-hybridized carbons (Fsp3) is 0.667. The van der Waals surface area contributed by atoms with Gasteiger partial charge in [0, 0.05) is 6.42 Å². The normalized spacial score (nSPS) is 23.1. The van der Waals surface area contributed by atoms with Crippen LogP contribution in [-0.2, 0) is 14.3 Å². The van der Waals surface area contributed by atoms with Gasteiger partial charge in [-0.05, 0) is 12.8 Å². The third-order valence-corrected chi connectivity index (χ3v) is 6.36. The van der Waals surface area contributed by atoms with Gasteiger partial charge in [-0.25, -0.2) is 4.98 Å². The zero-order valence-corrected chi connectivity index (χ0v) is 19.9. The Morgan fingerprint density at radius 1 is 1.35 bits per heavy atom. The second-order valence-electron chi connectivity index (χ2n) is 8.86. The fourth-order valence-electron chi connectivity index (χ4n) is 4.29. The Balaban J connectivity index is 1.69. The summed E-state index contributed by atoms with van der Waals surface area (Å²) in [6, 6.07) is 0. The van der Waals surface area contributed by atoms with E-state index < -0.39 is 24.0 Å². The molecule has 2 aromatic rings. The Morgan fingerprint density at radius 2 is 2.09 bits per heavy atom. The van der Waals surface area contributed by atoms with Gasteiger partial charge in [0.2, 0.25) is 0 Å². The molecule has 0 spiro atoms. The van der Waals surface area contributed by atoms with Crippen LogP contribution in [0.1, 0.15) is 77.9 Å². The number of imidazole rings is 1. The number of anilines is 1. The molecule has 186 valence electrons. The number of aliphatic hydroxyl groups is 1. The van der Waals surface area contributed by atoms with Crippen LogP contribution in [0.4, 0.5) is 10.2 Å². The Bertz CT molecular complexity index is 1020. The largest absolute Gasteiger partial charge is 0.461 e. The SMILES string of the molecule is C#C[C@]1(COC(=O)C(CCCC)CCCCCC)O[C@@H](n2cnc3c(N)nc(F)nc32)C[C@@H]1O. The van der Waals surface area contributed by atoms with Crippen LogP contribution in [0, 0.1) is 24.3 Å². The zero-order valence-electron chi connectivity index (χ0n) is 19.9. The lowest BCUT2D eigenvalue weighted by Gasteiger charge is -2.27. The van der Waals surface area contributed by atoms with Crippen molar-refractivity contribution < 1.29 is 23.8 Å². The predicted molar refractivity (Wildman–Crippen MR) is 125 cm³/mol. The van der Waals surface area contributed by atoms with Gasteiger partial charge < -0.3 is 20.3 Å². The molecule has 1 aliphatic rings. The van der Waals surface area contributed by atoms with Crippen molar-refractivity contribution in [1.29, 1.82) is 0 Å². The quantitative estimate of drug-likeness (QED) is 0.207. The number of aromatic nitrogens is 4. The standard InChI is InChI=1S/C24H34FN5O4/c1-4-7-9-10-12-16(11-8-5-2)22(32)33-14-24(6-3)17(31)13-18(34-24)30-15-27-19-20(26)28-23(25)29-21(19)30/h3,15-18,31H,4-5,7-14H2,1-2H3,(H2,26,28,29)/t16?,17-,18+,24+/m0/s1. The topological polar surface area (TPSA) is 125 Å². The number of nitrogens with zero attached hydrogens (tertiary/aromatic N) is 4. The monoisotopic (exact) mass is 475 g/mol. The number of ether oxygens (including phenoxy) is 2. The Hall–Kier alpha value is -2.77. The molecule has 3 heterocycles. The minimum Gasteiger partial charge on any atom is -0.461 e. The molecule has 4 atom stereocenters. The molecule has 0 amide bonds. The summed E-state index contributed by atoms with van der Waals surface area (Å²) in [4.78, 5) is 24.2. The second-order valence-corrected chi connectivity index (χ2v) is 8.86. The molecule has 1 fully saturated rings. The van der Waals surface area contributed by atoms with E-state index in [2.05, 4.69) is 34.7 Å². The summed E-state index contributed by atoms with van der Waals surface area (Å²) in [5.74, 6) is 1.84. The summed E-state index contributed by atoms with van der Waals surface area (Å²) < 4.78 is 26.8. The maximum atomic E-state index is 13.7. The first-order valence-electron chi connectivity index (χ1n) is 12.0. The Kier molecular flexibility index (Phi) is 8.80. The van der Waals surface area contributed by atoms with Crippen LogP contribution in [0.15, 0.2) is 6.33 Å². The number of hydrogen-bond donors (Lipinski definition) is 2. The number of halogens is 1. The average molecular weight is 476 g/mol. The molecule has 3 N–H and O–H groups in total. The molecule has 34 heavy (non-hydrogen) atoms. The highest BCUT2D eigenvalue weighted by Gasteiger charge is 2.49. The lowest BCUT2D eigenvalue weighted by Crippen LogP contribution is -2.43. The number of carbonyl (C=O) groups excluding carboxylic acids is 1. The number of carbonyl (C=O) groups is 1. The third kappa shape index (κ3) is 5.65. The lowest BCUT2D eigenvalue weighted by atomic mass is 9.95. The number of aliphatic hydroxyl groups excluding tert-OH is 1. The summed E-state index contributed by atoms with van der Waals surface area (Å²) in [5.41, 5.74) is 4.53. The molecule has 2 aromatic heterocycles. The van der Waals surface area contributed by atoms with Gasteiger partial charge in [0.25, 0.3) is 0 Å². The van der Waals surface area contributed by atoms with Gasteiger partial charge in [-0.3, -0.25) is 9.36 Å². The molecule has 9 nitrogen and oxygen atoms in total. The van der Waals surface area contributed by atoms with Crippen molar-refractivity contribution in [3.63, 3.8) is 0 Å². The van der Waals surface area contributed by atoms with Gasteiger partial charge >= 0.3 is 12.0 Å². The van der Waals surface area contributed by atoms with Crippen molar-refractivity contribution in [2.24, 2.45) is 5.92 Å². The number of terminal acetylenes is 1. The number of nitrogens with two attached hydrogens (primary N) is 1. The smallest absolute Gasteiger partial charge is 0.312 e. The van der Waals surface area contributed by atoms with Crippen LogP contribution < -0.4 is 5.73 Å². The van der Waals surface area contributed by atoms with Crippen LogP contribution in [0.2, 0.25) is 0 Å². The minimum atomic E-state index is -1.54. The molecule has 0 radical (unpaired) electrons. The minimum absolute atomic E-state index is 0.0784. The van der Waals surface area contributed by atoms with Gasteiger partial charge in [-0.15, -0.1) is 6.42 Å². The van der Waals surface area contributed by atoms with Crippen LogP contribution >= 0.6 is 0 Å². The van der Waals surface area contributed by atoms with E-state index in [1.807, 2.05) is 0 Å². The van der Waals surface area contributed by atoms with Gasteiger partial charge in [0.05, 0.1) is 12.2 Å². The molecule has 1 aliphatic heterocycles. The Morgan fingerprint density at radius 3 is 2.79 bits per heavy atom. The molecule has 1 unspecified atom stereocenters. The van der Waals surface area contributed by atoms with E-state index in [9.17, 15) is 14.3 Å². The predicted octanol–water partition coefficient (Wildman–Crippen LogP) is 3.52. The first kappa shape index (κ1) is 25.8. The highest BCUT2D eigenvalue weighted by atomic mass is 19.1. The van der Waals surface area contributed by atoms with Crippen molar-refractivity contribution in [1.82, 2.24) is 19.5 Å². The molecule has 1 saturated heterocycles. The van der Waals surface area contributed by atoms with Crippen LogP contribution in [0.3, 0.4) is 0 Å². The van der Waals surface area contributed by atoms with Gasteiger partial charge in [-0.1, -0.05) is 58.3 Å². The van der Waals surface area contributed by atoms with Gasteiger partial charge in [0.1, 0.15) is 18.9 Å². The van der Waals surface area contributed by atoms with Crippen molar-refractivity contribution in [2.45, 2.75) is 89.6 Å². The first-order chi connectivity index (χ1) is 16.3. The van der Waals surface area contributed by atoms with E-state index in [0.717, 1.165) is 51.4 Å². The van der Waals surface area contributed by atoms with E-state index in [0.29, 0.717) is 0 Å². The van der Waals surface area contributed by atoms with Gasteiger partial charge in [-0.2, -0.15) is 14.4 Å². The third-order valence-electron chi connectivity index (χ3n) is 6.36. The lowest BCUT2D eigenvalue weighted by molar-refractivity contribution is -0.161. The van der Waals surface area contributed by atoms with E-state index in [1.54, 1.807) is 0 Å². The highest BCUT2D eigenvalue weighted by Crippen LogP contribution is 2.38. The number of unbranched alkanes of at least 4 members (excludes halogenated alkanes) is 4. The molecule has 0 saturated carbocycles. The average Bonchev–Trinajstić information content (AvgIpc) is 3.38. The van der Waals surface area contributed by atoms with Crippen LogP contribution in [0.5, 0.6) is 0 Å². The summed E-state index contributed by atoms with van der Waals surface area (Å²) in [7, 11) is 0. The molecule has 0 aromatic carbocycles. The zero-order chi connectivity index (χ0) is 24.7. The number of hydrogen-bond acceptors (Lipinski definition) is 8. The first-order valence-corrected chi connectivity index (χ1v) is 12.0. The van der Waals surface area contributed by atoms with E-state index in [4.69, 9.17) is 21.6 Å². The maximum Gasteiger partial charge on any atom is 0.312 e. The number of fused-ring (bicyclic) bond motifs is 1. The molecule has 10 heteroatoms. The fourth-order valence-corrected chi connectivity index (χ4v) is 4.29.